The van der Waals surface area contributed by atoms with Crippen molar-refractivity contribution in [1.29, 1.82) is 0 Å². The minimum Gasteiger partial charge on any atom is -0.326 e. The van der Waals surface area contributed by atoms with E-state index in [-0.39, 0.29) is 17.8 Å². The van der Waals surface area contributed by atoms with Gasteiger partial charge in [0.05, 0.1) is 5.69 Å². The highest BCUT2D eigenvalue weighted by atomic mass is 35.5. The largest absolute Gasteiger partial charge is 0.332 e. The summed E-state index contributed by atoms with van der Waals surface area (Å²) in [6.07, 6.45) is 1.82. The first-order chi connectivity index (χ1) is 16.8. The molecule has 6 nitrogen and oxygen atoms in total. The number of hydrogen-bond donors (Lipinski definition) is 1. The van der Waals surface area contributed by atoms with Gasteiger partial charge in [-0.2, -0.15) is 0 Å². The Morgan fingerprint density at radius 2 is 1.54 bits per heavy atom. The van der Waals surface area contributed by atoms with Crippen LogP contribution in [0.5, 0.6) is 0 Å². The van der Waals surface area contributed by atoms with Crippen molar-refractivity contribution in [3.63, 3.8) is 0 Å². The SMILES string of the molecule is CC(=O)Nc1ccc(-c2ccc(CC34CCCN3C(=O)N(c3cc(Cl)cc(Cl)c3)C4=O)cc2)cc1. The molecule has 0 radical (unpaired) electrons. The molecular weight excluding hydrogens is 485 g/mol. The van der Waals surface area contributed by atoms with E-state index in [4.69, 9.17) is 23.2 Å². The molecule has 4 amide bonds. The lowest BCUT2D eigenvalue weighted by Gasteiger charge is -2.28. The molecular formula is C27H23Cl2N3O3. The number of amides is 4. The summed E-state index contributed by atoms with van der Waals surface area (Å²) in [7, 11) is 0. The molecule has 5 rings (SSSR count). The lowest BCUT2D eigenvalue weighted by atomic mass is 9.87. The van der Waals surface area contributed by atoms with E-state index in [1.54, 1.807) is 23.1 Å². The van der Waals surface area contributed by atoms with Crippen LogP contribution >= 0.6 is 23.2 Å². The number of anilines is 2. The third-order valence-corrected chi connectivity index (χ3v) is 7.04. The predicted molar refractivity (Wildman–Crippen MR) is 138 cm³/mol. The molecule has 2 aliphatic rings. The smallest absolute Gasteiger partial charge is 0.326 e. The van der Waals surface area contributed by atoms with E-state index in [0.717, 1.165) is 28.8 Å². The van der Waals surface area contributed by atoms with Crippen molar-refractivity contribution in [3.8, 4) is 11.1 Å². The van der Waals surface area contributed by atoms with Gasteiger partial charge in [-0.1, -0.05) is 59.6 Å². The van der Waals surface area contributed by atoms with Gasteiger partial charge in [0.25, 0.3) is 5.91 Å². The van der Waals surface area contributed by atoms with Crippen LogP contribution in [0.1, 0.15) is 25.3 Å². The molecule has 0 aromatic heterocycles. The Hall–Kier alpha value is -3.35. The van der Waals surface area contributed by atoms with Crippen LogP contribution in [0.4, 0.5) is 16.2 Å². The minimum atomic E-state index is -0.909. The quantitative estimate of drug-likeness (QED) is 0.420. The monoisotopic (exact) mass is 507 g/mol. The first-order valence-corrected chi connectivity index (χ1v) is 12.1. The van der Waals surface area contributed by atoms with Crippen molar-refractivity contribution >= 4 is 52.4 Å². The van der Waals surface area contributed by atoms with Gasteiger partial charge in [0.2, 0.25) is 5.91 Å². The van der Waals surface area contributed by atoms with Gasteiger partial charge in [-0.3, -0.25) is 9.59 Å². The van der Waals surface area contributed by atoms with Crippen LogP contribution in [0, 0.1) is 0 Å². The highest BCUT2D eigenvalue weighted by Crippen LogP contribution is 2.43. The lowest BCUT2D eigenvalue weighted by molar-refractivity contribution is -0.124. The summed E-state index contributed by atoms with van der Waals surface area (Å²) in [5.74, 6) is -0.352. The van der Waals surface area contributed by atoms with Gasteiger partial charge in [-0.25, -0.2) is 9.69 Å². The Morgan fingerprint density at radius 1 is 0.943 bits per heavy atom. The average Bonchev–Trinajstić information content (AvgIpc) is 3.31. The zero-order valence-corrected chi connectivity index (χ0v) is 20.6. The third-order valence-electron chi connectivity index (χ3n) is 6.61. The van der Waals surface area contributed by atoms with Gasteiger partial charge >= 0.3 is 6.03 Å². The summed E-state index contributed by atoms with van der Waals surface area (Å²) < 4.78 is 0. The van der Waals surface area contributed by atoms with E-state index in [2.05, 4.69) is 5.32 Å². The van der Waals surface area contributed by atoms with Gasteiger partial charge in [0, 0.05) is 35.6 Å². The van der Waals surface area contributed by atoms with E-state index in [1.165, 1.54) is 11.8 Å². The maximum Gasteiger partial charge on any atom is 0.332 e. The predicted octanol–water partition coefficient (Wildman–Crippen LogP) is 6.16. The topological polar surface area (TPSA) is 69.7 Å². The van der Waals surface area contributed by atoms with Crippen LogP contribution in [0.25, 0.3) is 11.1 Å². The van der Waals surface area contributed by atoms with Crippen molar-refractivity contribution in [3.05, 3.63) is 82.3 Å². The number of imide groups is 1. The van der Waals surface area contributed by atoms with Gasteiger partial charge < -0.3 is 10.2 Å². The Kier molecular flexibility index (Phi) is 6.03. The summed E-state index contributed by atoms with van der Waals surface area (Å²) in [5, 5.41) is 3.50. The number of fused-ring (bicyclic) bond motifs is 1. The van der Waals surface area contributed by atoms with E-state index in [9.17, 15) is 14.4 Å². The molecule has 3 aromatic carbocycles. The van der Waals surface area contributed by atoms with Gasteiger partial charge in [-0.05, 0) is 59.9 Å². The second-order valence-corrected chi connectivity index (χ2v) is 9.84. The minimum absolute atomic E-state index is 0.112. The Labute approximate surface area is 213 Å². The molecule has 2 saturated heterocycles. The Bertz CT molecular complexity index is 1300. The number of nitrogens with zero attached hydrogens (tertiary/aromatic N) is 2. The molecule has 0 saturated carbocycles. The van der Waals surface area contributed by atoms with Crippen LogP contribution < -0.4 is 10.2 Å². The molecule has 3 aromatic rings. The van der Waals surface area contributed by atoms with E-state index in [0.29, 0.717) is 35.1 Å². The summed E-state index contributed by atoms with van der Waals surface area (Å²) in [4.78, 5) is 41.1. The highest BCUT2D eigenvalue weighted by molar-refractivity contribution is 6.35. The van der Waals surface area contributed by atoms with Crippen LogP contribution in [-0.4, -0.2) is 34.8 Å². The molecule has 1 unspecified atom stereocenters. The van der Waals surface area contributed by atoms with Crippen molar-refractivity contribution in [1.82, 2.24) is 4.90 Å². The summed E-state index contributed by atoms with van der Waals surface area (Å²) in [5.41, 5.74) is 3.24. The van der Waals surface area contributed by atoms with Crippen molar-refractivity contribution in [2.75, 3.05) is 16.8 Å². The fraction of sp³-hybridized carbons (Fsp3) is 0.222. The second-order valence-electron chi connectivity index (χ2n) is 8.97. The van der Waals surface area contributed by atoms with Crippen LogP contribution in [0.15, 0.2) is 66.7 Å². The van der Waals surface area contributed by atoms with Crippen LogP contribution in [0.2, 0.25) is 10.0 Å². The number of halogens is 2. The van der Waals surface area contributed by atoms with Gasteiger partial charge in [0.15, 0.2) is 0 Å². The molecule has 0 bridgehead atoms. The molecule has 1 atom stereocenters. The first-order valence-electron chi connectivity index (χ1n) is 11.4. The zero-order chi connectivity index (χ0) is 24.7. The van der Waals surface area contributed by atoms with Crippen molar-refractivity contribution in [2.24, 2.45) is 0 Å². The number of hydrogen-bond acceptors (Lipinski definition) is 3. The van der Waals surface area contributed by atoms with Gasteiger partial charge in [0.1, 0.15) is 5.54 Å². The first kappa shape index (κ1) is 23.4. The fourth-order valence-corrected chi connectivity index (χ4v) is 5.57. The maximum atomic E-state index is 13.7. The Balaban J connectivity index is 1.39. The fourth-order valence-electron chi connectivity index (χ4n) is 5.05. The van der Waals surface area contributed by atoms with E-state index >= 15 is 0 Å². The Morgan fingerprint density at radius 3 is 2.14 bits per heavy atom. The van der Waals surface area contributed by atoms with Crippen LogP contribution in [-0.2, 0) is 16.0 Å². The molecule has 2 heterocycles. The lowest BCUT2D eigenvalue weighted by Crippen LogP contribution is -2.47. The summed E-state index contributed by atoms with van der Waals surface area (Å²) in [6, 6.07) is 20.1. The molecule has 2 fully saturated rings. The number of urea groups is 1. The van der Waals surface area contributed by atoms with E-state index in [1.807, 2.05) is 48.5 Å². The van der Waals surface area contributed by atoms with Crippen molar-refractivity contribution < 1.29 is 14.4 Å². The van der Waals surface area contributed by atoms with Gasteiger partial charge in [-0.15, -0.1) is 0 Å². The molecule has 178 valence electrons. The number of benzene rings is 3. The molecule has 8 heteroatoms. The maximum absolute atomic E-state index is 13.7. The number of rotatable bonds is 5. The molecule has 0 spiro atoms. The number of nitrogens with one attached hydrogen (secondary N) is 1. The second kappa shape index (κ2) is 9.02. The normalized spacial score (nSPS) is 19.3. The summed E-state index contributed by atoms with van der Waals surface area (Å²) in [6.45, 7) is 2.01. The summed E-state index contributed by atoms with van der Waals surface area (Å²) >= 11 is 12.3. The number of carbonyl (C=O) groups excluding carboxylic acids is 3. The molecule has 2 aliphatic heterocycles. The molecule has 35 heavy (non-hydrogen) atoms. The highest BCUT2D eigenvalue weighted by Gasteiger charge is 2.59. The average molecular weight is 508 g/mol. The molecule has 0 aliphatic carbocycles. The van der Waals surface area contributed by atoms with Crippen molar-refractivity contribution in [2.45, 2.75) is 31.7 Å². The number of carbonyl (C=O) groups is 3. The van der Waals surface area contributed by atoms with Crippen LogP contribution in [0.3, 0.4) is 0 Å². The zero-order valence-electron chi connectivity index (χ0n) is 19.1. The van der Waals surface area contributed by atoms with E-state index < -0.39 is 5.54 Å². The molecule has 1 N–H and O–H groups in total. The standard InChI is InChI=1S/C27H23Cl2N3O3/c1-17(33)30-23-9-7-20(8-10-23)19-5-3-18(4-6-19)16-27-11-2-12-31(27)26(35)32(25(27)34)24-14-21(28)13-22(29)15-24/h3-10,13-15H,2,11-12,16H2,1H3,(H,30,33). The third kappa shape index (κ3) is 4.28.